The van der Waals surface area contributed by atoms with Gasteiger partial charge in [0.15, 0.2) is 0 Å². The highest BCUT2D eigenvalue weighted by molar-refractivity contribution is 6.31. The lowest BCUT2D eigenvalue weighted by atomic mass is 9.83. The molecule has 7 nitrogen and oxygen atoms in total. The predicted molar refractivity (Wildman–Crippen MR) is 154 cm³/mol. The molecule has 206 valence electrons. The van der Waals surface area contributed by atoms with E-state index < -0.39 is 5.97 Å². The van der Waals surface area contributed by atoms with Crippen LogP contribution in [0.2, 0.25) is 5.02 Å². The number of amides is 2. The Morgan fingerprint density at radius 3 is 2.35 bits per heavy atom. The molecule has 0 saturated heterocycles. The highest BCUT2D eigenvalue weighted by atomic mass is 35.5. The van der Waals surface area contributed by atoms with Gasteiger partial charge in [-0.3, -0.25) is 9.59 Å². The maximum Gasteiger partial charge on any atom is 0.335 e. The minimum absolute atomic E-state index is 0.0190. The Morgan fingerprint density at radius 1 is 0.975 bits per heavy atom. The molecule has 0 aromatic heterocycles. The lowest BCUT2D eigenvalue weighted by Crippen LogP contribution is -2.33. The van der Waals surface area contributed by atoms with Gasteiger partial charge in [0.05, 0.1) is 23.7 Å². The molecule has 1 fully saturated rings. The van der Waals surface area contributed by atoms with Gasteiger partial charge in [-0.25, -0.2) is 9.80 Å². The first-order chi connectivity index (χ1) is 19.4. The number of benzene rings is 3. The number of hydrazone groups is 1. The van der Waals surface area contributed by atoms with E-state index >= 15 is 0 Å². The van der Waals surface area contributed by atoms with Crippen LogP contribution >= 0.6 is 11.6 Å². The third-order valence-corrected chi connectivity index (χ3v) is 7.99. The second-order valence-electron chi connectivity index (χ2n) is 10.5. The SMILES string of the molecule is O=C(O)c1ccc(CNC(=O)C(c2ccc(CN3N=C(c4cccc(Cl)c4)CCC3=O)cc2)C2CCCC2)cc1. The summed E-state index contributed by atoms with van der Waals surface area (Å²) in [6, 6.07) is 22.0. The third kappa shape index (κ3) is 6.59. The molecule has 0 spiro atoms. The zero-order valence-corrected chi connectivity index (χ0v) is 22.9. The van der Waals surface area contributed by atoms with E-state index in [1.54, 1.807) is 24.3 Å². The topological polar surface area (TPSA) is 99.1 Å². The summed E-state index contributed by atoms with van der Waals surface area (Å²) >= 11 is 6.15. The summed E-state index contributed by atoms with van der Waals surface area (Å²) in [5.74, 6) is -1.01. The Labute approximate surface area is 238 Å². The fraction of sp³-hybridized carbons (Fsp3) is 0.312. The molecule has 1 heterocycles. The molecule has 5 rings (SSSR count). The van der Waals surface area contributed by atoms with Crippen molar-refractivity contribution < 1.29 is 19.5 Å². The van der Waals surface area contributed by atoms with Gasteiger partial charge < -0.3 is 10.4 Å². The highest BCUT2D eigenvalue weighted by Crippen LogP contribution is 2.38. The number of carbonyl (C=O) groups excluding carboxylic acids is 2. The minimum atomic E-state index is -0.974. The molecule has 1 aliphatic carbocycles. The summed E-state index contributed by atoms with van der Waals surface area (Å²) in [7, 11) is 0. The second-order valence-corrected chi connectivity index (χ2v) is 10.9. The second kappa shape index (κ2) is 12.5. The van der Waals surface area contributed by atoms with E-state index in [1.165, 1.54) is 5.01 Å². The van der Waals surface area contributed by atoms with Crippen LogP contribution in [0.4, 0.5) is 0 Å². The van der Waals surface area contributed by atoms with E-state index in [4.69, 9.17) is 16.7 Å². The molecule has 2 aliphatic rings. The van der Waals surface area contributed by atoms with Gasteiger partial charge in [0.25, 0.3) is 0 Å². The van der Waals surface area contributed by atoms with Crippen LogP contribution in [-0.2, 0) is 22.7 Å². The van der Waals surface area contributed by atoms with E-state index in [2.05, 4.69) is 10.4 Å². The van der Waals surface area contributed by atoms with Gasteiger partial charge in [0.2, 0.25) is 11.8 Å². The quantitative estimate of drug-likeness (QED) is 0.329. The molecule has 2 amide bonds. The van der Waals surface area contributed by atoms with Crippen LogP contribution < -0.4 is 5.32 Å². The number of rotatable bonds is 9. The van der Waals surface area contributed by atoms with Gasteiger partial charge in [-0.2, -0.15) is 5.10 Å². The summed E-state index contributed by atoms with van der Waals surface area (Å²) < 4.78 is 0. The molecular formula is C32H32ClN3O4. The zero-order chi connectivity index (χ0) is 28.1. The molecule has 0 radical (unpaired) electrons. The molecule has 40 heavy (non-hydrogen) atoms. The number of nitrogens with one attached hydrogen (secondary N) is 1. The Balaban J connectivity index is 1.28. The van der Waals surface area contributed by atoms with Crippen LogP contribution in [0.3, 0.4) is 0 Å². The Hall–Kier alpha value is -3.97. The van der Waals surface area contributed by atoms with E-state index in [0.29, 0.717) is 31.0 Å². The third-order valence-electron chi connectivity index (χ3n) is 7.76. The van der Waals surface area contributed by atoms with Crippen LogP contribution in [0.1, 0.15) is 77.1 Å². The first kappa shape index (κ1) is 27.6. The van der Waals surface area contributed by atoms with Crippen LogP contribution in [-0.4, -0.2) is 33.6 Å². The van der Waals surface area contributed by atoms with E-state index in [-0.39, 0.29) is 29.2 Å². The van der Waals surface area contributed by atoms with Gasteiger partial charge in [0, 0.05) is 24.4 Å². The number of aromatic carboxylic acids is 1. The number of hydrogen-bond acceptors (Lipinski definition) is 4. The van der Waals surface area contributed by atoms with Crippen LogP contribution in [0.25, 0.3) is 0 Å². The Morgan fingerprint density at radius 2 is 1.68 bits per heavy atom. The number of nitrogens with zero attached hydrogens (tertiary/aromatic N) is 2. The van der Waals surface area contributed by atoms with Gasteiger partial charge >= 0.3 is 5.97 Å². The zero-order valence-electron chi connectivity index (χ0n) is 22.2. The minimum Gasteiger partial charge on any atom is -0.478 e. The molecule has 2 N–H and O–H groups in total. The largest absolute Gasteiger partial charge is 0.478 e. The summed E-state index contributed by atoms with van der Waals surface area (Å²) in [4.78, 5) is 37.2. The van der Waals surface area contributed by atoms with E-state index in [9.17, 15) is 14.4 Å². The normalized spacial score (nSPS) is 16.5. The molecule has 8 heteroatoms. The van der Waals surface area contributed by atoms with Crippen LogP contribution in [0, 0.1) is 5.92 Å². The molecule has 3 aromatic rings. The predicted octanol–water partition coefficient (Wildman–Crippen LogP) is 6.16. The van der Waals surface area contributed by atoms with Crippen molar-refractivity contribution in [1.82, 2.24) is 10.3 Å². The molecule has 1 saturated carbocycles. The monoisotopic (exact) mass is 557 g/mol. The highest BCUT2D eigenvalue weighted by Gasteiger charge is 2.32. The smallest absolute Gasteiger partial charge is 0.335 e. The number of carboxylic acids is 1. The van der Waals surface area contributed by atoms with Crippen molar-refractivity contribution >= 4 is 35.1 Å². The van der Waals surface area contributed by atoms with Crippen molar-refractivity contribution in [3.63, 3.8) is 0 Å². The van der Waals surface area contributed by atoms with Crippen LogP contribution in [0.15, 0.2) is 77.9 Å². The summed E-state index contributed by atoms with van der Waals surface area (Å²) in [6.45, 7) is 0.694. The van der Waals surface area contributed by atoms with Gasteiger partial charge in [-0.05, 0) is 65.3 Å². The summed E-state index contributed by atoms with van der Waals surface area (Å²) in [5.41, 5.74) is 4.73. The molecule has 1 aliphatic heterocycles. The lowest BCUT2D eigenvalue weighted by molar-refractivity contribution is -0.132. The molecule has 3 aromatic carbocycles. The number of halogens is 1. The van der Waals surface area contributed by atoms with Gasteiger partial charge in [0.1, 0.15) is 0 Å². The van der Waals surface area contributed by atoms with Crippen molar-refractivity contribution in [2.45, 2.75) is 57.5 Å². The van der Waals surface area contributed by atoms with Crippen LogP contribution in [0.5, 0.6) is 0 Å². The number of hydrogen-bond donors (Lipinski definition) is 2. The average molecular weight is 558 g/mol. The van der Waals surface area contributed by atoms with Crippen molar-refractivity contribution in [1.29, 1.82) is 0 Å². The van der Waals surface area contributed by atoms with Crippen molar-refractivity contribution in [2.75, 3.05) is 0 Å². The average Bonchev–Trinajstić information content (AvgIpc) is 3.49. The fourth-order valence-corrected chi connectivity index (χ4v) is 5.79. The van der Waals surface area contributed by atoms with Gasteiger partial charge in [-0.1, -0.05) is 73.0 Å². The van der Waals surface area contributed by atoms with E-state index in [0.717, 1.165) is 53.6 Å². The molecule has 1 unspecified atom stereocenters. The fourth-order valence-electron chi connectivity index (χ4n) is 5.60. The first-order valence-electron chi connectivity index (χ1n) is 13.7. The number of carboxylic acid groups (broad SMARTS) is 1. The summed E-state index contributed by atoms with van der Waals surface area (Å²) in [5, 5.41) is 19.0. The lowest BCUT2D eigenvalue weighted by Gasteiger charge is -2.25. The number of carbonyl (C=O) groups is 3. The first-order valence-corrected chi connectivity index (χ1v) is 14.1. The standard InChI is InChI=1S/C32H32ClN3O4/c33-27-7-3-6-26(18-27)28-16-17-29(37)36(35-28)20-22-10-12-24(13-11-22)30(23-4-1-2-5-23)31(38)34-19-21-8-14-25(15-9-21)32(39)40/h3,6-15,18,23,30H,1-2,4-5,16-17,19-20H2,(H,34,38)(H,39,40). The van der Waals surface area contributed by atoms with Crippen molar-refractivity contribution in [3.05, 3.63) is 106 Å². The van der Waals surface area contributed by atoms with Crippen molar-refractivity contribution in [3.8, 4) is 0 Å². The maximum atomic E-state index is 13.4. The Kier molecular flexibility index (Phi) is 8.60. The maximum absolute atomic E-state index is 13.4. The van der Waals surface area contributed by atoms with E-state index in [1.807, 2.05) is 48.5 Å². The van der Waals surface area contributed by atoms with Gasteiger partial charge in [-0.15, -0.1) is 0 Å². The summed E-state index contributed by atoms with van der Waals surface area (Å²) in [6.07, 6.45) is 5.23. The molecule has 0 bridgehead atoms. The Bertz CT molecular complexity index is 1410. The molecular weight excluding hydrogens is 526 g/mol. The van der Waals surface area contributed by atoms with Crippen molar-refractivity contribution in [2.24, 2.45) is 11.0 Å². The molecule has 1 atom stereocenters.